The largest absolute Gasteiger partial charge is 0.492 e. The molecule has 0 fully saturated rings. The van der Waals surface area contributed by atoms with Crippen molar-refractivity contribution >= 4 is 17.5 Å². The van der Waals surface area contributed by atoms with Crippen molar-refractivity contribution in [2.75, 3.05) is 18.5 Å². The van der Waals surface area contributed by atoms with Crippen LogP contribution in [0.1, 0.15) is 26.7 Å². The van der Waals surface area contributed by atoms with E-state index in [2.05, 4.69) is 10.6 Å². The highest BCUT2D eigenvalue weighted by molar-refractivity contribution is 6.39. The fourth-order valence-electron chi connectivity index (χ4n) is 1.49. The summed E-state index contributed by atoms with van der Waals surface area (Å²) in [5.74, 6) is -0.747. The Bertz CT molecular complexity index is 432. The molecule has 0 aromatic heterocycles. The Morgan fingerprint density at radius 1 is 1.16 bits per heavy atom. The average molecular weight is 264 g/mol. The number of nitrogens with one attached hydrogen (secondary N) is 2. The summed E-state index contributed by atoms with van der Waals surface area (Å²) < 4.78 is 5.37. The summed E-state index contributed by atoms with van der Waals surface area (Å²) in [5.41, 5.74) is 0.500. The number of amides is 2. The molecule has 0 aliphatic rings. The molecule has 104 valence electrons. The monoisotopic (exact) mass is 264 g/mol. The molecule has 0 radical (unpaired) electrons. The van der Waals surface area contributed by atoms with Gasteiger partial charge in [-0.15, -0.1) is 0 Å². The maximum Gasteiger partial charge on any atom is 0.313 e. The maximum atomic E-state index is 11.7. The SMILES string of the molecule is CCCCNC(=O)C(=O)Nc1ccccc1OCC. The van der Waals surface area contributed by atoms with Crippen LogP contribution >= 0.6 is 0 Å². The topological polar surface area (TPSA) is 67.4 Å². The molecule has 5 nitrogen and oxygen atoms in total. The normalized spacial score (nSPS) is 9.79. The first-order chi connectivity index (χ1) is 9.19. The van der Waals surface area contributed by atoms with E-state index in [-0.39, 0.29) is 0 Å². The van der Waals surface area contributed by atoms with E-state index >= 15 is 0 Å². The van der Waals surface area contributed by atoms with E-state index in [4.69, 9.17) is 4.74 Å². The van der Waals surface area contributed by atoms with Gasteiger partial charge < -0.3 is 15.4 Å². The highest BCUT2D eigenvalue weighted by Crippen LogP contribution is 2.23. The molecule has 0 atom stereocenters. The van der Waals surface area contributed by atoms with Crippen LogP contribution < -0.4 is 15.4 Å². The Labute approximate surface area is 113 Å². The first-order valence-electron chi connectivity index (χ1n) is 6.50. The van der Waals surface area contributed by atoms with Crippen molar-refractivity contribution < 1.29 is 14.3 Å². The van der Waals surface area contributed by atoms with Crippen molar-refractivity contribution in [1.82, 2.24) is 5.32 Å². The van der Waals surface area contributed by atoms with Gasteiger partial charge >= 0.3 is 11.8 Å². The number of rotatable bonds is 6. The standard InChI is InChI=1S/C14H20N2O3/c1-3-5-10-15-13(17)14(18)16-11-8-6-7-9-12(11)19-4-2/h6-9H,3-5,10H2,1-2H3,(H,15,17)(H,16,18). The summed E-state index contributed by atoms with van der Waals surface area (Å²) in [6.45, 7) is 4.88. The fourth-order valence-corrected chi connectivity index (χ4v) is 1.49. The molecule has 2 amide bonds. The van der Waals surface area contributed by atoms with Gasteiger partial charge in [-0.3, -0.25) is 9.59 Å². The van der Waals surface area contributed by atoms with Gasteiger partial charge in [0, 0.05) is 6.54 Å². The van der Waals surface area contributed by atoms with Crippen molar-refractivity contribution in [1.29, 1.82) is 0 Å². The number of anilines is 1. The lowest BCUT2D eigenvalue weighted by Gasteiger charge is -2.11. The zero-order chi connectivity index (χ0) is 14.1. The molecule has 1 rings (SSSR count). The summed E-state index contributed by atoms with van der Waals surface area (Å²) in [7, 11) is 0. The predicted octanol–water partition coefficient (Wildman–Crippen LogP) is 1.94. The molecule has 2 N–H and O–H groups in total. The van der Waals surface area contributed by atoms with Crippen LogP contribution in [-0.4, -0.2) is 25.0 Å². The number of carbonyl (C=O) groups excluding carboxylic acids is 2. The van der Waals surface area contributed by atoms with Gasteiger partial charge in [0.1, 0.15) is 5.75 Å². The van der Waals surface area contributed by atoms with E-state index in [1.54, 1.807) is 18.2 Å². The van der Waals surface area contributed by atoms with E-state index in [0.29, 0.717) is 24.6 Å². The maximum absolute atomic E-state index is 11.7. The lowest BCUT2D eigenvalue weighted by molar-refractivity contribution is -0.136. The van der Waals surface area contributed by atoms with E-state index in [1.807, 2.05) is 19.9 Å². The van der Waals surface area contributed by atoms with Gasteiger partial charge in [-0.05, 0) is 25.5 Å². The first kappa shape index (κ1) is 15.0. The summed E-state index contributed by atoms with van der Waals surface area (Å²) in [5, 5.41) is 5.11. The van der Waals surface area contributed by atoms with E-state index in [9.17, 15) is 9.59 Å². The molecule has 0 saturated carbocycles. The molecule has 0 spiro atoms. The Balaban J connectivity index is 2.58. The lowest BCUT2D eigenvalue weighted by Crippen LogP contribution is -2.35. The highest BCUT2D eigenvalue weighted by atomic mass is 16.5. The second kappa shape index (κ2) is 8.13. The molecule has 5 heteroatoms. The van der Waals surface area contributed by atoms with Gasteiger partial charge in [-0.1, -0.05) is 25.5 Å². The Morgan fingerprint density at radius 3 is 2.58 bits per heavy atom. The van der Waals surface area contributed by atoms with Crippen LogP contribution in [0.4, 0.5) is 5.69 Å². The summed E-state index contributed by atoms with van der Waals surface area (Å²) >= 11 is 0. The van der Waals surface area contributed by atoms with E-state index < -0.39 is 11.8 Å². The zero-order valence-corrected chi connectivity index (χ0v) is 11.4. The minimum absolute atomic E-state index is 0.496. The summed E-state index contributed by atoms with van der Waals surface area (Å²) in [4.78, 5) is 23.2. The van der Waals surface area contributed by atoms with Gasteiger partial charge in [0.25, 0.3) is 0 Å². The van der Waals surface area contributed by atoms with Crippen LogP contribution in [-0.2, 0) is 9.59 Å². The van der Waals surface area contributed by atoms with Gasteiger partial charge in [0.2, 0.25) is 0 Å². The molecule has 0 bridgehead atoms. The van der Waals surface area contributed by atoms with Gasteiger partial charge in [-0.25, -0.2) is 0 Å². The molecule has 0 aliphatic heterocycles. The second-order valence-electron chi connectivity index (χ2n) is 3.99. The van der Waals surface area contributed by atoms with Crippen molar-refractivity contribution in [2.24, 2.45) is 0 Å². The third kappa shape index (κ3) is 4.99. The molecular formula is C14H20N2O3. The Hall–Kier alpha value is -2.04. The van der Waals surface area contributed by atoms with Crippen LogP contribution in [0.2, 0.25) is 0 Å². The molecule has 0 unspecified atom stereocenters. The second-order valence-corrected chi connectivity index (χ2v) is 3.99. The molecule has 0 aliphatic carbocycles. The van der Waals surface area contributed by atoms with E-state index in [0.717, 1.165) is 12.8 Å². The van der Waals surface area contributed by atoms with Crippen LogP contribution in [0.3, 0.4) is 0 Å². The van der Waals surface area contributed by atoms with Gasteiger partial charge in [-0.2, -0.15) is 0 Å². The third-order valence-electron chi connectivity index (χ3n) is 2.46. The third-order valence-corrected chi connectivity index (χ3v) is 2.46. The van der Waals surface area contributed by atoms with Crippen molar-refractivity contribution in [3.8, 4) is 5.75 Å². The quantitative estimate of drug-likeness (QED) is 0.609. The number of hydrogen-bond acceptors (Lipinski definition) is 3. The van der Waals surface area contributed by atoms with Crippen LogP contribution in [0, 0.1) is 0 Å². The Morgan fingerprint density at radius 2 is 1.89 bits per heavy atom. The minimum atomic E-state index is -0.678. The molecule has 1 aromatic rings. The molecular weight excluding hydrogens is 244 g/mol. The van der Waals surface area contributed by atoms with Gasteiger partial charge in [0.15, 0.2) is 0 Å². The number of unbranched alkanes of at least 4 members (excludes halogenated alkanes) is 1. The number of hydrogen-bond donors (Lipinski definition) is 2. The molecule has 0 saturated heterocycles. The average Bonchev–Trinajstić information content (AvgIpc) is 2.41. The lowest BCUT2D eigenvalue weighted by atomic mass is 10.3. The minimum Gasteiger partial charge on any atom is -0.492 e. The first-order valence-corrected chi connectivity index (χ1v) is 6.50. The molecule has 1 aromatic carbocycles. The van der Waals surface area contributed by atoms with Crippen LogP contribution in [0.15, 0.2) is 24.3 Å². The van der Waals surface area contributed by atoms with Gasteiger partial charge in [0.05, 0.1) is 12.3 Å². The smallest absolute Gasteiger partial charge is 0.313 e. The summed E-state index contributed by atoms with van der Waals surface area (Å²) in [6.07, 6.45) is 1.82. The summed E-state index contributed by atoms with van der Waals surface area (Å²) in [6, 6.07) is 7.02. The zero-order valence-electron chi connectivity index (χ0n) is 11.4. The molecule has 19 heavy (non-hydrogen) atoms. The highest BCUT2D eigenvalue weighted by Gasteiger charge is 2.14. The number of carbonyl (C=O) groups is 2. The fraction of sp³-hybridized carbons (Fsp3) is 0.429. The number of ether oxygens (including phenoxy) is 1. The van der Waals surface area contributed by atoms with Crippen molar-refractivity contribution in [3.05, 3.63) is 24.3 Å². The van der Waals surface area contributed by atoms with Crippen LogP contribution in [0.5, 0.6) is 5.75 Å². The predicted molar refractivity (Wildman–Crippen MR) is 74.2 cm³/mol. The van der Waals surface area contributed by atoms with Crippen molar-refractivity contribution in [2.45, 2.75) is 26.7 Å². The number of para-hydroxylation sites is 2. The van der Waals surface area contributed by atoms with E-state index in [1.165, 1.54) is 0 Å². The number of benzene rings is 1. The molecule has 0 heterocycles. The van der Waals surface area contributed by atoms with Crippen molar-refractivity contribution in [3.63, 3.8) is 0 Å². The Kier molecular flexibility index (Phi) is 6.43. The van der Waals surface area contributed by atoms with Crippen LogP contribution in [0.25, 0.3) is 0 Å².